The molecule has 0 spiro atoms. The first kappa shape index (κ1) is 32.7. The highest BCUT2D eigenvalue weighted by molar-refractivity contribution is 5.84. The van der Waals surface area contributed by atoms with Crippen LogP contribution in [-0.4, -0.2) is 98.0 Å². The Kier molecular flexibility index (Phi) is 10.0. The van der Waals surface area contributed by atoms with Crippen molar-refractivity contribution < 1.29 is 32.6 Å². The number of hydrogen-bond acceptors (Lipinski definition) is 10. The summed E-state index contributed by atoms with van der Waals surface area (Å²) in [5.74, 6) is -2.05. The average molecular weight is 613 g/mol. The molecule has 4 N–H and O–H groups in total. The Hall–Kier alpha value is -3.20. The number of nitrogens with zero attached hydrogens (tertiary/aromatic N) is 5. The molecule has 5 atom stereocenters. The molecule has 1 saturated carbocycles. The number of carbonyl (C=O) groups excluding carboxylic acids is 2. The minimum Gasteiger partial charge on any atom is -0.451 e. The third-order valence-electron chi connectivity index (χ3n) is 8.11. The van der Waals surface area contributed by atoms with Crippen molar-refractivity contribution in [3.8, 4) is 0 Å². The number of aromatic nitrogens is 4. The van der Waals surface area contributed by atoms with Gasteiger partial charge in [0.15, 0.2) is 23.1 Å². The minimum atomic E-state index is -5.26. The minimum absolute atomic E-state index is 0.0126. The van der Waals surface area contributed by atoms with E-state index in [1.54, 1.807) is 6.92 Å². The van der Waals surface area contributed by atoms with Gasteiger partial charge in [-0.3, -0.25) is 9.69 Å². The van der Waals surface area contributed by atoms with E-state index in [1.807, 2.05) is 0 Å². The molecule has 3 heterocycles. The highest BCUT2D eigenvalue weighted by Gasteiger charge is 2.51. The number of alkyl halides is 3. The number of nitrogens with one attached hydrogen (secondary N) is 3. The van der Waals surface area contributed by atoms with E-state index >= 15 is 0 Å². The van der Waals surface area contributed by atoms with Gasteiger partial charge in [-0.15, -0.1) is 0 Å². The largest absolute Gasteiger partial charge is 0.490 e. The van der Waals surface area contributed by atoms with Crippen LogP contribution in [0.3, 0.4) is 0 Å². The first-order chi connectivity index (χ1) is 20.2. The van der Waals surface area contributed by atoms with Crippen LogP contribution in [0, 0.1) is 5.41 Å². The summed E-state index contributed by atoms with van der Waals surface area (Å²) in [6, 6.07) is -1.64. The quantitative estimate of drug-likeness (QED) is 0.279. The number of likely N-dealkylation sites (tertiary alicyclic amines) is 1. The first-order valence-corrected chi connectivity index (χ1v) is 14.9. The zero-order valence-corrected chi connectivity index (χ0v) is 25.4. The third-order valence-corrected chi connectivity index (χ3v) is 8.11. The molecule has 2 aromatic rings. The number of rotatable bonds is 11. The number of hydrogen-bond donors (Lipinski definition) is 4. The first-order valence-electron chi connectivity index (χ1n) is 14.9. The molecule has 2 aromatic heterocycles. The summed E-state index contributed by atoms with van der Waals surface area (Å²) in [6.45, 7) is 13.2. The van der Waals surface area contributed by atoms with E-state index in [0.717, 1.165) is 32.4 Å². The van der Waals surface area contributed by atoms with Gasteiger partial charge < -0.3 is 30.4 Å². The maximum atomic E-state index is 13.2. The summed E-state index contributed by atoms with van der Waals surface area (Å²) in [6.07, 6.45) is -4.01. The van der Waals surface area contributed by atoms with Gasteiger partial charge in [-0.25, -0.2) is 9.78 Å². The zero-order valence-electron chi connectivity index (χ0n) is 25.4. The molecule has 0 bridgehead atoms. The van der Waals surface area contributed by atoms with E-state index in [-0.39, 0.29) is 18.3 Å². The van der Waals surface area contributed by atoms with Crippen LogP contribution in [0.15, 0.2) is 6.33 Å². The van der Waals surface area contributed by atoms with Crippen LogP contribution in [-0.2, 0) is 14.3 Å². The Morgan fingerprint density at radius 1 is 1.16 bits per heavy atom. The lowest BCUT2D eigenvalue weighted by molar-refractivity contribution is -0.209. The molecule has 2 fully saturated rings. The molecule has 0 unspecified atom stereocenters. The molecule has 4 rings (SSSR count). The smallest absolute Gasteiger partial charge is 0.451 e. The molecule has 1 aliphatic carbocycles. The van der Waals surface area contributed by atoms with Crippen molar-refractivity contribution in [3.63, 3.8) is 0 Å². The van der Waals surface area contributed by atoms with Gasteiger partial charge in [0.05, 0.1) is 18.4 Å². The number of carbonyl (C=O) groups is 2. The summed E-state index contributed by atoms with van der Waals surface area (Å²) in [5, 5.41) is 20.2. The molecular weight excluding hydrogens is 569 g/mol. The van der Waals surface area contributed by atoms with Crippen molar-refractivity contribution in [2.24, 2.45) is 5.41 Å². The van der Waals surface area contributed by atoms with E-state index in [9.17, 15) is 27.9 Å². The van der Waals surface area contributed by atoms with Gasteiger partial charge in [-0.2, -0.15) is 23.1 Å². The molecule has 1 amide bonds. The Balaban J connectivity index is 1.70. The van der Waals surface area contributed by atoms with E-state index in [1.165, 1.54) is 10.9 Å². The average Bonchev–Trinajstić information content (AvgIpc) is 3.64. The van der Waals surface area contributed by atoms with Crippen molar-refractivity contribution in [3.05, 3.63) is 6.33 Å². The number of halogens is 3. The van der Waals surface area contributed by atoms with E-state index in [4.69, 9.17) is 4.74 Å². The Morgan fingerprint density at radius 2 is 1.91 bits per heavy atom. The number of esters is 1. The van der Waals surface area contributed by atoms with Gasteiger partial charge in [-0.05, 0) is 44.2 Å². The van der Waals surface area contributed by atoms with Gasteiger partial charge in [0.1, 0.15) is 6.10 Å². The van der Waals surface area contributed by atoms with Crippen LogP contribution in [0.5, 0.6) is 0 Å². The molecule has 1 aliphatic heterocycles. The second kappa shape index (κ2) is 13.2. The van der Waals surface area contributed by atoms with Gasteiger partial charge >= 0.3 is 12.1 Å². The van der Waals surface area contributed by atoms with Gasteiger partial charge in [0.2, 0.25) is 11.9 Å². The SMILES string of the molecule is CCC(=O)N[C@H]1C[C@@H](n2cnc3c(NCCC(C)(C)C)nc(NC[C@H]4CCCN4CC)nc32)[C@H](OC(=O)C(F)(F)F)[C@@H]1O. The summed E-state index contributed by atoms with van der Waals surface area (Å²) in [7, 11) is 0. The van der Waals surface area contributed by atoms with E-state index < -0.39 is 42.3 Å². The number of fused-ring (bicyclic) bond motifs is 1. The Morgan fingerprint density at radius 3 is 2.56 bits per heavy atom. The number of anilines is 2. The lowest BCUT2D eigenvalue weighted by Crippen LogP contribution is -2.45. The second-order valence-corrected chi connectivity index (χ2v) is 12.5. The highest BCUT2D eigenvalue weighted by Crippen LogP contribution is 2.37. The fraction of sp³-hybridized carbons (Fsp3) is 0.750. The highest BCUT2D eigenvalue weighted by atomic mass is 19.4. The lowest BCUT2D eigenvalue weighted by atomic mass is 9.92. The monoisotopic (exact) mass is 612 g/mol. The van der Waals surface area contributed by atoms with Crippen molar-refractivity contribution in [2.45, 2.75) is 103 Å². The van der Waals surface area contributed by atoms with Gasteiger partial charge in [0, 0.05) is 25.6 Å². The molecule has 1 saturated heterocycles. The Labute approximate surface area is 249 Å². The molecule has 240 valence electrons. The maximum Gasteiger partial charge on any atom is 0.490 e. The number of aliphatic hydroxyl groups is 1. The van der Waals surface area contributed by atoms with Gasteiger partial charge in [-0.1, -0.05) is 34.6 Å². The van der Waals surface area contributed by atoms with Crippen LogP contribution in [0.1, 0.15) is 72.8 Å². The van der Waals surface area contributed by atoms with Crippen LogP contribution in [0.4, 0.5) is 24.9 Å². The predicted molar refractivity (Wildman–Crippen MR) is 154 cm³/mol. The predicted octanol–water partition coefficient (Wildman–Crippen LogP) is 3.25. The molecule has 0 radical (unpaired) electrons. The fourth-order valence-electron chi connectivity index (χ4n) is 5.72. The van der Waals surface area contributed by atoms with Crippen molar-refractivity contribution in [1.29, 1.82) is 0 Å². The molecule has 2 aliphatic rings. The van der Waals surface area contributed by atoms with Crippen LogP contribution in [0.2, 0.25) is 0 Å². The summed E-state index contributed by atoms with van der Waals surface area (Å²) in [4.78, 5) is 40.2. The van der Waals surface area contributed by atoms with Crippen LogP contribution < -0.4 is 16.0 Å². The van der Waals surface area contributed by atoms with Crippen molar-refractivity contribution in [2.75, 3.05) is 36.8 Å². The van der Waals surface area contributed by atoms with Gasteiger partial charge in [0.25, 0.3) is 0 Å². The van der Waals surface area contributed by atoms with Crippen molar-refractivity contribution in [1.82, 2.24) is 29.7 Å². The number of ether oxygens (including phenoxy) is 1. The standard InChI is InChI=1S/C28H43F3N8O4/c1-6-19(40)35-17-13-18(22(21(17)41)43-25(42)28(29,30)31)39-15-34-20-23(32-11-10-27(3,4)5)36-26(37-24(20)39)33-14-16-9-8-12-38(16)7-2/h15-18,21-22,41H,6-14H2,1-5H3,(H,35,40)(H2,32,33,36,37)/t16-,17+,18-,21-,22+/m1/s1. The zero-order chi connectivity index (χ0) is 31.5. The number of imidazole rings is 1. The summed E-state index contributed by atoms with van der Waals surface area (Å²) >= 11 is 0. The van der Waals surface area contributed by atoms with Crippen LogP contribution >= 0.6 is 0 Å². The number of likely N-dealkylation sites (N-methyl/N-ethyl adjacent to an activating group) is 1. The van der Waals surface area contributed by atoms with Crippen LogP contribution in [0.25, 0.3) is 11.2 Å². The van der Waals surface area contributed by atoms with E-state index in [2.05, 4.69) is 63.5 Å². The lowest BCUT2D eigenvalue weighted by Gasteiger charge is -2.25. The molecule has 12 nitrogen and oxygen atoms in total. The maximum absolute atomic E-state index is 13.2. The number of amides is 1. The third kappa shape index (κ3) is 7.85. The summed E-state index contributed by atoms with van der Waals surface area (Å²) in [5.41, 5.74) is 0.730. The molecule has 15 heteroatoms. The second-order valence-electron chi connectivity index (χ2n) is 12.5. The molecule has 0 aromatic carbocycles. The topological polar surface area (TPSA) is 147 Å². The Bertz CT molecular complexity index is 1280. The fourth-order valence-corrected chi connectivity index (χ4v) is 5.72. The normalized spacial score (nSPS) is 24.8. The van der Waals surface area contributed by atoms with Crippen molar-refractivity contribution >= 4 is 34.8 Å². The summed E-state index contributed by atoms with van der Waals surface area (Å²) < 4.78 is 45.9. The molecular formula is C28H43F3N8O4. The molecule has 43 heavy (non-hydrogen) atoms. The number of aliphatic hydroxyl groups excluding tert-OH is 1. The van der Waals surface area contributed by atoms with E-state index in [0.29, 0.717) is 42.1 Å².